The monoisotopic (exact) mass is 391 g/mol. The van der Waals surface area contributed by atoms with Crippen molar-refractivity contribution in [1.29, 1.82) is 0 Å². The average molecular weight is 392 g/mol. The number of hydrogen-bond acceptors (Lipinski definition) is 0. The van der Waals surface area contributed by atoms with Crippen LogP contribution in [0.3, 0.4) is 0 Å². The largest absolute Gasteiger partial charge is 0.268 e. The van der Waals surface area contributed by atoms with Crippen molar-refractivity contribution in [3.05, 3.63) is 119 Å². The quantitative estimate of drug-likeness (QED) is 0.455. The Kier molecular flexibility index (Phi) is 5.46. The van der Waals surface area contributed by atoms with Gasteiger partial charge in [-0.05, 0) is 27.7 Å². The van der Waals surface area contributed by atoms with Crippen LogP contribution < -0.4 is 17.7 Å². The van der Waals surface area contributed by atoms with Crippen LogP contribution in [0.5, 0.6) is 0 Å². The highest BCUT2D eigenvalue weighted by Gasteiger charge is 2.39. The molecule has 29 heavy (non-hydrogen) atoms. The van der Waals surface area contributed by atoms with E-state index in [1.165, 1.54) is 40.0 Å². The molecule has 0 nitrogen and oxygen atoms in total. The Morgan fingerprint density at radius 3 is 0.759 bits per heavy atom. The van der Waals surface area contributed by atoms with Gasteiger partial charge in [0.1, 0.15) is 0 Å². The van der Waals surface area contributed by atoms with E-state index in [0.717, 1.165) is 0 Å². The lowest BCUT2D eigenvalue weighted by molar-refractivity contribution is 1.44. The molecule has 4 aromatic rings. The molecule has 0 N–H and O–H groups in total. The fourth-order valence-corrected chi connectivity index (χ4v) is 12.0. The van der Waals surface area contributed by atoms with Crippen LogP contribution in [0.15, 0.2) is 97.1 Å². The van der Waals surface area contributed by atoms with Crippen molar-refractivity contribution >= 4 is 30.8 Å². The first-order valence-electron chi connectivity index (χ1n) is 10.5. The number of benzene rings is 4. The summed E-state index contributed by atoms with van der Waals surface area (Å²) in [5.74, 6) is 0. The zero-order valence-corrected chi connectivity index (χ0v) is 19.0. The standard InChI is InChI=1S/4C7H7.Al/c4*1-7-5-3-2-4-6-7;/h4*2-5H,1H3;/q;;;;-1. The highest BCUT2D eigenvalue weighted by atomic mass is 27.2. The zero-order chi connectivity index (χ0) is 20.4. The van der Waals surface area contributed by atoms with Gasteiger partial charge in [-0.2, -0.15) is 0 Å². The fourth-order valence-electron chi connectivity index (χ4n) is 5.30. The second kappa shape index (κ2) is 8.04. The van der Waals surface area contributed by atoms with Crippen LogP contribution in [0.2, 0.25) is 0 Å². The van der Waals surface area contributed by atoms with E-state index in [1.807, 2.05) is 0 Å². The first-order valence-corrected chi connectivity index (χ1v) is 12.8. The molecule has 1 heteroatoms. The van der Waals surface area contributed by atoms with Gasteiger partial charge in [0.2, 0.25) is 0 Å². The summed E-state index contributed by atoms with van der Waals surface area (Å²) in [6.07, 6.45) is 0. The molecule has 4 rings (SSSR count). The highest BCUT2D eigenvalue weighted by Crippen LogP contribution is 2.16. The minimum absolute atomic E-state index is 1.38. The maximum absolute atomic E-state index is 2.90. The van der Waals surface area contributed by atoms with Gasteiger partial charge in [0, 0.05) is 0 Å². The van der Waals surface area contributed by atoms with Crippen LogP contribution >= 0.6 is 0 Å². The third kappa shape index (κ3) is 3.26. The Balaban J connectivity index is 2.28. The maximum Gasteiger partial charge on any atom is 0.268 e. The van der Waals surface area contributed by atoms with Gasteiger partial charge in [-0.1, -0.05) is 95.1 Å². The third-order valence-electron chi connectivity index (χ3n) is 6.62. The normalized spacial score (nSPS) is 11.4. The topological polar surface area (TPSA) is 0 Å². The molecule has 4 aromatic carbocycles. The Hall–Kier alpha value is -2.59. The van der Waals surface area contributed by atoms with Crippen molar-refractivity contribution in [2.75, 3.05) is 0 Å². The molecule has 0 radical (unpaired) electrons. The molecule has 0 saturated heterocycles. The molecule has 0 amide bonds. The molecule has 0 fully saturated rings. The Labute approximate surface area is 177 Å². The van der Waals surface area contributed by atoms with Crippen LogP contribution in [-0.2, 0) is 0 Å². The second-order valence-electron chi connectivity index (χ2n) is 8.29. The molecule has 0 aliphatic rings. The molecule has 0 spiro atoms. The molecule has 144 valence electrons. The predicted molar refractivity (Wildman–Crippen MR) is 129 cm³/mol. The van der Waals surface area contributed by atoms with Crippen LogP contribution in [0.4, 0.5) is 0 Å². The maximum atomic E-state index is 2.38. The van der Waals surface area contributed by atoms with Gasteiger partial charge < -0.3 is 0 Å². The second-order valence-corrected chi connectivity index (χ2v) is 12.5. The van der Waals surface area contributed by atoms with Gasteiger partial charge in [-0.3, -0.25) is 0 Å². The highest BCUT2D eigenvalue weighted by molar-refractivity contribution is 7.20. The lowest BCUT2D eigenvalue weighted by Crippen LogP contribution is -2.76. The van der Waals surface area contributed by atoms with Crippen LogP contribution in [0, 0.1) is 27.7 Å². The number of rotatable bonds is 4. The Morgan fingerprint density at radius 1 is 0.345 bits per heavy atom. The van der Waals surface area contributed by atoms with Crippen molar-refractivity contribution in [2.45, 2.75) is 27.7 Å². The molecule has 0 aliphatic carbocycles. The van der Waals surface area contributed by atoms with E-state index in [9.17, 15) is 0 Å². The van der Waals surface area contributed by atoms with Crippen LogP contribution in [-0.4, -0.2) is 13.1 Å². The van der Waals surface area contributed by atoms with Gasteiger partial charge in [-0.25, -0.2) is 17.7 Å². The molecule has 0 aromatic heterocycles. The Bertz CT molecular complexity index is 969. The van der Waals surface area contributed by atoms with Crippen molar-refractivity contribution in [3.63, 3.8) is 0 Å². The fraction of sp³-hybridized carbons (Fsp3) is 0.143. The summed E-state index contributed by atoms with van der Waals surface area (Å²) in [5, 5.41) is 0. The van der Waals surface area contributed by atoms with Gasteiger partial charge >= 0.3 is 0 Å². The van der Waals surface area contributed by atoms with E-state index in [0.29, 0.717) is 0 Å². The summed E-state index contributed by atoms with van der Waals surface area (Å²) < 4.78 is 6.05. The van der Waals surface area contributed by atoms with Crippen LogP contribution in [0.1, 0.15) is 22.3 Å². The van der Waals surface area contributed by atoms with E-state index < -0.39 is 13.1 Å². The summed E-state index contributed by atoms with van der Waals surface area (Å²) in [4.78, 5) is 0. The van der Waals surface area contributed by atoms with Gasteiger partial charge in [0.05, 0.1) is 0 Å². The lowest BCUT2D eigenvalue weighted by atomic mass is 10.2. The van der Waals surface area contributed by atoms with Crippen molar-refractivity contribution in [2.24, 2.45) is 0 Å². The number of hydrogen-bond donors (Lipinski definition) is 0. The predicted octanol–water partition coefficient (Wildman–Crippen LogP) is 4.30. The van der Waals surface area contributed by atoms with E-state index in [2.05, 4.69) is 125 Å². The lowest BCUT2D eigenvalue weighted by Gasteiger charge is -2.45. The van der Waals surface area contributed by atoms with E-state index in [4.69, 9.17) is 0 Å². The van der Waals surface area contributed by atoms with Crippen LogP contribution in [0.25, 0.3) is 0 Å². The Morgan fingerprint density at radius 2 is 0.552 bits per heavy atom. The minimum atomic E-state index is -2.90. The first-order chi connectivity index (χ1) is 14.1. The van der Waals surface area contributed by atoms with E-state index in [1.54, 1.807) is 0 Å². The molecule has 0 atom stereocenters. The summed E-state index contributed by atoms with van der Waals surface area (Å²) in [7, 11) is 0. The molecule has 0 unspecified atom stereocenters. The first kappa shape index (κ1) is 19.7. The number of aryl methyl sites for hydroxylation is 4. The molecular weight excluding hydrogens is 363 g/mol. The molecule has 0 aliphatic heterocycles. The summed E-state index contributed by atoms with van der Waals surface area (Å²) in [6, 6.07) is 36.1. The van der Waals surface area contributed by atoms with Gasteiger partial charge in [0.25, 0.3) is 13.1 Å². The third-order valence-corrected chi connectivity index (χ3v) is 12.9. The molecular formula is C28H28Al-. The average Bonchev–Trinajstić information content (AvgIpc) is 2.73. The van der Waals surface area contributed by atoms with Crippen molar-refractivity contribution in [3.8, 4) is 0 Å². The van der Waals surface area contributed by atoms with Crippen molar-refractivity contribution in [1.82, 2.24) is 0 Å². The van der Waals surface area contributed by atoms with Gasteiger partial charge in [-0.15, -0.1) is 24.3 Å². The molecule has 0 heterocycles. The molecule has 0 saturated carbocycles. The zero-order valence-electron chi connectivity index (χ0n) is 17.8. The summed E-state index contributed by atoms with van der Waals surface area (Å²) in [6.45, 7) is 9.11. The van der Waals surface area contributed by atoms with Crippen molar-refractivity contribution < 1.29 is 0 Å². The van der Waals surface area contributed by atoms with Gasteiger partial charge in [0.15, 0.2) is 0 Å². The molecule has 0 bridgehead atoms. The SMILES string of the molecule is Cc1cccc[c]1[Al-]([c]1ccccc1C)([c]1ccccc1C)[c]1ccccc1C. The smallest absolute Gasteiger partial charge is 0.215 e. The van der Waals surface area contributed by atoms with E-state index >= 15 is 0 Å². The van der Waals surface area contributed by atoms with E-state index in [-0.39, 0.29) is 0 Å². The minimum Gasteiger partial charge on any atom is -0.215 e. The summed E-state index contributed by atoms with van der Waals surface area (Å²) in [5.41, 5.74) is 5.53. The summed E-state index contributed by atoms with van der Waals surface area (Å²) >= 11 is -2.90.